The van der Waals surface area contributed by atoms with E-state index >= 15 is 0 Å². The molecule has 7 heteroatoms. The highest BCUT2D eigenvalue weighted by molar-refractivity contribution is 6.32. The van der Waals surface area contributed by atoms with Crippen LogP contribution in [0.5, 0.6) is 11.5 Å². The molecule has 0 N–H and O–H groups in total. The maximum atomic E-state index is 6.32. The molecule has 6 nitrogen and oxygen atoms in total. The number of aromatic nitrogens is 2. The van der Waals surface area contributed by atoms with E-state index < -0.39 is 0 Å². The highest BCUT2D eigenvalue weighted by Crippen LogP contribution is 2.30. The molecule has 0 fully saturated rings. The number of anilines is 1. The molecule has 0 amide bonds. The van der Waals surface area contributed by atoms with Crippen molar-refractivity contribution in [3.05, 3.63) is 64.8 Å². The van der Waals surface area contributed by atoms with Crippen LogP contribution in [0, 0.1) is 6.92 Å². The third-order valence-electron chi connectivity index (χ3n) is 4.00. The molecular formula is C20H22ClN3O3. The Balaban J connectivity index is 1.85. The van der Waals surface area contributed by atoms with Crippen LogP contribution in [0.1, 0.15) is 24.2 Å². The molecule has 1 aromatic heterocycles. The fraction of sp³-hybridized carbons (Fsp3) is 0.300. The van der Waals surface area contributed by atoms with E-state index in [1.807, 2.05) is 49.4 Å². The van der Waals surface area contributed by atoms with Crippen LogP contribution in [0.25, 0.3) is 0 Å². The Morgan fingerprint density at radius 2 is 1.89 bits per heavy atom. The van der Waals surface area contributed by atoms with Gasteiger partial charge in [-0.2, -0.15) is 4.98 Å². The molecule has 0 aliphatic rings. The van der Waals surface area contributed by atoms with Crippen molar-refractivity contribution in [2.75, 3.05) is 18.6 Å². The van der Waals surface area contributed by atoms with E-state index in [2.05, 4.69) is 15.0 Å². The number of aryl methyl sites for hydroxylation is 1. The summed E-state index contributed by atoms with van der Waals surface area (Å²) in [6, 6.07) is 13.7. The summed E-state index contributed by atoms with van der Waals surface area (Å²) in [4.78, 5) is 6.43. The largest absolute Gasteiger partial charge is 0.495 e. The van der Waals surface area contributed by atoms with Gasteiger partial charge in [-0.25, -0.2) is 0 Å². The second kappa shape index (κ2) is 8.77. The lowest BCUT2D eigenvalue weighted by atomic mass is 10.2. The van der Waals surface area contributed by atoms with Gasteiger partial charge in [-0.1, -0.05) is 28.9 Å². The van der Waals surface area contributed by atoms with Crippen LogP contribution in [0.4, 0.5) is 5.69 Å². The first-order valence-corrected chi connectivity index (χ1v) is 9.06. The van der Waals surface area contributed by atoms with Crippen molar-refractivity contribution < 1.29 is 14.0 Å². The molecule has 0 atom stereocenters. The zero-order chi connectivity index (χ0) is 19.2. The molecule has 0 bridgehead atoms. The molecular weight excluding hydrogens is 366 g/mol. The quantitative estimate of drug-likeness (QED) is 0.561. The first kappa shape index (κ1) is 19.0. The van der Waals surface area contributed by atoms with Gasteiger partial charge in [0.05, 0.1) is 25.3 Å². The van der Waals surface area contributed by atoms with Gasteiger partial charge in [-0.15, -0.1) is 0 Å². The number of halogens is 1. The van der Waals surface area contributed by atoms with E-state index in [-0.39, 0.29) is 0 Å². The molecule has 0 aliphatic heterocycles. The van der Waals surface area contributed by atoms with Crippen molar-refractivity contribution in [3.63, 3.8) is 0 Å². The van der Waals surface area contributed by atoms with E-state index in [1.165, 1.54) is 0 Å². The van der Waals surface area contributed by atoms with Gasteiger partial charge >= 0.3 is 0 Å². The molecule has 0 aliphatic carbocycles. The van der Waals surface area contributed by atoms with Gasteiger partial charge in [0, 0.05) is 12.2 Å². The average Bonchev–Trinajstić information content (AvgIpc) is 3.08. The van der Waals surface area contributed by atoms with Gasteiger partial charge in [0.15, 0.2) is 5.82 Å². The maximum Gasteiger partial charge on any atom is 0.246 e. The van der Waals surface area contributed by atoms with E-state index in [1.54, 1.807) is 14.0 Å². The third kappa shape index (κ3) is 4.92. The van der Waals surface area contributed by atoms with Crippen LogP contribution in [0.3, 0.4) is 0 Å². The lowest BCUT2D eigenvalue weighted by molar-refractivity contribution is 0.340. The lowest BCUT2D eigenvalue weighted by Crippen LogP contribution is -2.22. The van der Waals surface area contributed by atoms with Crippen LogP contribution >= 0.6 is 11.6 Å². The van der Waals surface area contributed by atoms with Gasteiger partial charge in [-0.3, -0.25) is 0 Å². The summed E-state index contributed by atoms with van der Waals surface area (Å²) < 4.78 is 16.1. The second-order valence-electron chi connectivity index (χ2n) is 5.99. The Labute approximate surface area is 163 Å². The molecule has 0 radical (unpaired) electrons. The summed E-state index contributed by atoms with van der Waals surface area (Å²) in [6.07, 6.45) is 0. The van der Waals surface area contributed by atoms with Crippen LogP contribution in [0.15, 0.2) is 47.0 Å². The second-order valence-corrected chi connectivity index (χ2v) is 6.39. The summed E-state index contributed by atoms with van der Waals surface area (Å²) in [5.74, 6) is 2.65. The fourth-order valence-electron chi connectivity index (χ4n) is 2.74. The molecule has 3 aromatic rings. The average molecular weight is 388 g/mol. The van der Waals surface area contributed by atoms with E-state index in [9.17, 15) is 0 Å². The minimum absolute atomic E-state index is 0.469. The van der Waals surface area contributed by atoms with Gasteiger partial charge in [0.2, 0.25) is 5.89 Å². The summed E-state index contributed by atoms with van der Waals surface area (Å²) in [7, 11) is 1.60. The van der Waals surface area contributed by atoms with Crippen LogP contribution < -0.4 is 14.4 Å². The number of hydrogen-bond acceptors (Lipinski definition) is 6. The number of nitrogens with zero attached hydrogens (tertiary/aromatic N) is 3. The van der Waals surface area contributed by atoms with Crippen LogP contribution in [-0.2, 0) is 13.1 Å². The fourth-order valence-corrected chi connectivity index (χ4v) is 2.99. The van der Waals surface area contributed by atoms with Crippen molar-refractivity contribution in [2.45, 2.75) is 26.9 Å². The molecule has 1 heterocycles. The monoisotopic (exact) mass is 387 g/mol. The third-order valence-corrected chi connectivity index (χ3v) is 4.30. The van der Waals surface area contributed by atoms with E-state index in [0.29, 0.717) is 42.2 Å². The van der Waals surface area contributed by atoms with Crippen molar-refractivity contribution in [3.8, 4) is 11.5 Å². The topological polar surface area (TPSA) is 60.6 Å². The first-order chi connectivity index (χ1) is 13.1. The molecule has 27 heavy (non-hydrogen) atoms. The molecule has 0 spiro atoms. The number of methoxy groups -OCH3 is 1. The molecule has 142 valence electrons. The maximum absolute atomic E-state index is 6.32. The van der Waals surface area contributed by atoms with Gasteiger partial charge in [-0.05, 0) is 49.7 Å². The molecule has 0 saturated heterocycles. The molecule has 2 aromatic carbocycles. The zero-order valence-electron chi connectivity index (χ0n) is 15.6. The SMILES string of the molecule is CCOc1ccc(CN(Cc2nc(C)no2)c2ccc(OC)c(Cl)c2)cc1. The van der Waals surface area contributed by atoms with E-state index in [4.69, 9.17) is 25.6 Å². The van der Waals surface area contributed by atoms with E-state index in [0.717, 1.165) is 17.0 Å². The Hall–Kier alpha value is -2.73. The molecule has 3 rings (SSSR count). The van der Waals surface area contributed by atoms with Crippen molar-refractivity contribution >= 4 is 17.3 Å². The number of ether oxygens (including phenoxy) is 2. The number of benzene rings is 2. The van der Waals surface area contributed by atoms with Gasteiger partial charge in [0.1, 0.15) is 11.5 Å². The summed E-state index contributed by atoms with van der Waals surface area (Å²) in [5.41, 5.74) is 2.06. The predicted molar refractivity (Wildman–Crippen MR) is 105 cm³/mol. The zero-order valence-corrected chi connectivity index (χ0v) is 16.4. The number of rotatable bonds is 8. The van der Waals surface area contributed by atoms with Gasteiger partial charge < -0.3 is 18.9 Å². The Morgan fingerprint density at radius 1 is 1.11 bits per heavy atom. The standard InChI is InChI=1S/C20H22ClN3O3/c1-4-26-17-8-5-15(6-9-17)12-24(13-20-22-14(2)23-27-20)16-7-10-19(25-3)18(21)11-16/h5-11H,4,12-13H2,1-3H3. The van der Waals surface area contributed by atoms with Crippen LogP contribution in [0.2, 0.25) is 5.02 Å². The Kier molecular flexibility index (Phi) is 6.19. The lowest BCUT2D eigenvalue weighted by Gasteiger charge is -2.24. The summed E-state index contributed by atoms with van der Waals surface area (Å²) >= 11 is 6.32. The van der Waals surface area contributed by atoms with Crippen LogP contribution in [-0.4, -0.2) is 23.9 Å². The van der Waals surface area contributed by atoms with Crippen molar-refractivity contribution in [1.29, 1.82) is 0 Å². The normalized spacial score (nSPS) is 10.7. The summed E-state index contributed by atoms with van der Waals surface area (Å²) in [5, 5.41) is 4.42. The number of hydrogen-bond donors (Lipinski definition) is 0. The highest BCUT2D eigenvalue weighted by Gasteiger charge is 2.14. The Morgan fingerprint density at radius 3 is 2.48 bits per heavy atom. The predicted octanol–water partition coefficient (Wildman–Crippen LogP) is 4.65. The first-order valence-electron chi connectivity index (χ1n) is 8.68. The molecule has 0 unspecified atom stereocenters. The highest BCUT2D eigenvalue weighted by atomic mass is 35.5. The van der Waals surface area contributed by atoms with Gasteiger partial charge in [0.25, 0.3) is 0 Å². The summed E-state index contributed by atoms with van der Waals surface area (Å²) in [6.45, 7) is 5.53. The Bertz CT molecular complexity index is 880. The van der Waals surface area contributed by atoms with Crippen molar-refractivity contribution in [1.82, 2.24) is 10.1 Å². The molecule has 0 saturated carbocycles. The smallest absolute Gasteiger partial charge is 0.246 e. The minimum atomic E-state index is 0.469. The minimum Gasteiger partial charge on any atom is -0.495 e. The van der Waals surface area contributed by atoms with Crippen molar-refractivity contribution in [2.24, 2.45) is 0 Å².